The molecule has 0 unspecified atom stereocenters. The van der Waals surface area contributed by atoms with Crippen molar-refractivity contribution in [3.05, 3.63) is 45.2 Å². The molecule has 2 aromatic rings. The highest BCUT2D eigenvalue weighted by Gasteiger charge is 2.03. The number of pyridine rings is 1. The summed E-state index contributed by atoms with van der Waals surface area (Å²) in [4.78, 5) is 6.47. The minimum atomic E-state index is 0.901. The molecule has 0 aliphatic heterocycles. The minimum Gasteiger partial charge on any atom is -0.355 e. The zero-order chi connectivity index (χ0) is 10.7. The second-order valence-corrected chi connectivity index (χ2v) is 5.02. The first-order valence-electron chi connectivity index (χ1n) is 4.59. The van der Waals surface area contributed by atoms with Gasteiger partial charge >= 0.3 is 0 Å². The third kappa shape index (κ3) is 2.79. The lowest BCUT2D eigenvalue weighted by Crippen LogP contribution is -2.16. The van der Waals surface area contributed by atoms with Crippen LogP contribution in [0.3, 0.4) is 0 Å². The van der Waals surface area contributed by atoms with Crippen molar-refractivity contribution < 1.29 is 0 Å². The summed E-state index contributed by atoms with van der Waals surface area (Å²) < 4.78 is 1.01. The van der Waals surface area contributed by atoms with E-state index >= 15 is 0 Å². The molecule has 0 aromatic carbocycles. The Balaban J connectivity index is 2.08. The molecule has 2 aromatic heterocycles. The van der Waals surface area contributed by atoms with Crippen LogP contribution in [0, 0.1) is 0 Å². The highest BCUT2D eigenvalue weighted by atomic mass is 79.9. The van der Waals surface area contributed by atoms with E-state index in [1.165, 1.54) is 5.56 Å². The third-order valence-electron chi connectivity index (χ3n) is 2.10. The highest BCUT2D eigenvalue weighted by Crippen LogP contribution is 2.16. The van der Waals surface area contributed by atoms with Gasteiger partial charge in [-0.25, -0.2) is 4.98 Å². The van der Waals surface area contributed by atoms with Gasteiger partial charge in [-0.2, -0.15) is 11.3 Å². The first kappa shape index (κ1) is 10.6. The average molecular weight is 283 g/mol. The molecule has 0 atom stereocenters. The Morgan fingerprint density at radius 2 is 2.27 bits per heavy atom. The third-order valence-corrected chi connectivity index (χ3v) is 3.30. The Morgan fingerprint density at radius 3 is 2.87 bits per heavy atom. The van der Waals surface area contributed by atoms with Crippen LogP contribution in [0.1, 0.15) is 5.56 Å². The zero-order valence-electron chi connectivity index (χ0n) is 8.35. The summed E-state index contributed by atoms with van der Waals surface area (Å²) in [5.74, 6) is 0.990. The Hall–Kier alpha value is -0.870. The van der Waals surface area contributed by atoms with Crippen LogP contribution in [0.2, 0.25) is 0 Å². The Morgan fingerprint density at radius 1 is 1.40 bits per heavy atom. The van der Waals surface area contributed by atoms with E-state index < -0.39 is 0 Å². The van der Waals surface area contributed by atoms with Crippen LogP contribution in [0.25, 0.3) is 0 Å². The smallest absolute Gasteiger partial charge is 0.128 e. The molecule has 0 amide bonds. The first-order valence-corrected chi connectivity index (χ1v) is 6.33. The maximum atomic E-state index is 4.34. The number of anilines is 1. The number of hydrogen-bond donors (Lipinski definition) is 0. The maximum absolute atomic E-state index is 4.34. The fourth-order valence-corrected chi connectivity index (χ4v) is 2.23. The first-order chi connectivity index (χ1) is 7.25. The SMILES string of the molecule is CN(Cc1ccsc1)c1ccc(Br)cn1. The predicted octanol–water partition coefficient (Wildman–Crippen LogP) is 3.54. The van der Waals surface area contributed by atoms with Gasteiger partial charge in [0, 0.05) is 24.3 Å². The molecule has 4 heteroatoms. The largest absolute Gasteiger partial charge is 0.355 e. The predicted molar refractivity (Wildman–Crippen MR) is 68.4 cm³/mol. The number of halogens is 1. The molecule has 2 nitrogen and oxygen atoms in total. The molecular weight excluding hydrogens is 272 g/mol. The molecule has 15 heavy (non-hydrogen) atoms. The van der Waals surface area contributed by atoms with Crippen LogP contribution in [0.15, 0.2) is 39.6 Å². The van der Waals surface area contributed by atoms with Gasteiger partial charge in [-0.3, -0.25) is 0 Å². The van der Waals surface area contributed by atoms with Crippen LogP contribution < -0.4 is 4.90 Å². The average Bonchev–Trinajstić information content (AvgIpc) is 2.71. The van der Waals surface area contributed by atoms with E-state index in [0.29, 0.717) is 0 Å². The quantitative estimate of drug-likeness (QED) is 0.856. The molecule has 0 bridgehead atoms. The van der Waals surface area contributed by atoms with Gasteiger partial charge in [0.1, 0.15) is 5.82 Å². The summed E-state index contributed by atoms with van der Waals surface area (Å²) >= 11 is 5.10. The maximum Gasteiger partial charge on any atom is 0.128 e. The Kier molecular flexibility index (Phi) is 3.38. The van der Waals surface area contributed by atoms with Gasteiger partial charge < -0.3 is 4.90 Å². The molecule has 0 spiro atoms. The standard InChI is InChI=1S/C11H11BrN2S/c1-14(7-9-4-5-15-8-9)11-3-2-10(12)6-13-11/h2-6,8H,7H2,1H3. The summed E-state index contributed by atoms with van der Waals surface area (Å²) in [6.45, 7) is 0.901. The lowest BCUT2D eigenvalue weighted by Gasteiger charge is -2.17. The van der Waals surface area contributed by atoms with E-state index in [9.17, 15) is 0 Å². The fraction of sp³-hybridized carbons (Fsp3) is 0.182. The Bertz CT molecular complexity index is 411. The van der Waals surface area contributed by atoms with Crippen molar-refractivity contribution in [1.29, 1.82) is 0 Å². The summed E-state index contributed by atoms with van der Waals surface area (Å²) in [6.07, 6.45) is 1.82. The van der Waals surface area contributed by atoms with E-state index in [4.69, 9.17) is 0 Å². The van der Waals surface area contributed by atoms with Gasteiger partial charge in [-0.1, -0.05) is 0 Å². The molecule has 78 valence electrons. The van der Waals surface area contributed by atoms with Crippen LogP contribution in [-0.4, -0.2) is 12.0 Å². The van der Waals surface area contributed by atoms with E-state index in [1.54, 1.807) is 11.3 Å². The molecule has 0 fully saturated rings. The fourth-order valence-electron chi connectivity index (χ4n) is 1.33. The summed E-state index contributed by atoms with van der Waals surface area (Å²) in [5.41, 5.74) is 1.33. The van der Waals surface area contributed by atoms with Crippen LogP contribution in [0.5, 0.6) is 0 Å². The van der Waals surface area contributed by atoms with Crippen molar-refractivity contribution in [2.45, 2.75) is 6.54 Å². The topological polar surface area (TPSA) is 16.1 Å². The van der Waals surface area contributed by atoms with Crippen LogP contribution in [0.4, 0.5) is 5.82 Å². The molecule has 0 aliphatic rings. The van der Waals surface area contributed by atoms with Gasteiger partial charge in [0.25, 0.3) is 0 Å². The van der Waals surface area contributed by atoms with Crippen molar-refractivity contribution in [1.82, 2.24) is 4.98 Å². The minimum absolute atomic E-state index is 0.901. The molecule has 2 heterocycles. The van der Waals surface area contributed by atoms with Gasteiger partial charge in [-0.05, 0) is 50.5 Å². The van der Waals surface area contributed by atoms with Crippen molar-refractivity contribution in [2.75, 3.05) is 11.9 Å². The normalized spacial score (nSPS) is 10.3. The lowest BCUT2D eigenvalue weighted by molar-refractivity contribution is 0.901. The molecule has 0 saturated carbocycles. The molecule has 0 N–H and O–H groups in total. The molecule has 0 aliphatic carbocycles. The lowest BCUT2D eigenvalue weighted by atomic mass is 10.3. The molecule has 0 saturated heterocycles. The van der Waals surface area contributed by atoms with Crippen molar-refractivity contribution >= 4 is 33.1 Å². The molecular formula is C11H11BrN2S. The second-order valence-electron chi connectivity index (χ2n) is 3.32. The number of hydrogen-bond acceptors (Lipinski definition) is 3. The number of nitrogens with zero attached hydrogens (tertiary/aromatic N) is 2. The Labute approximate surface area is 102 Å². The monoisotopic (exact) mass is 282 g/mol. The summed E-state index contributed by atoms with van der Waals surface area (Å²) in [5, 5.41) is 4.26. The molecule has 0 radical (unpaired) electrons. The van der Waals surface area contributed by atoms with Gasteiger partial charge in [0.05, 0.1) is 0 Å². The number of rotatable bonds is 3. The number of thiophene rings is 1. The van der Waals surface area contributed by atoms with E-state index in [1.807, 2.05) is 25.4 Å². The van der Waals surface area contributed by atoms with E-state index in [-0.39, 0.29) is 0 Å². The molecule has 2 rings (SSSR count). The zero-order valence-corrected chi connectivity index (χ0v) is 10.8. The van der Waals surface area contributed by atoms with Gasteiger partial charge in [0.2, 0.25) is 0 Å². The van der Waals surface area contributed by atoms with Crippen molar-refractivity contribution in [3.8, 4) is 0 Å². The van der Waals surface area contributed by atoms with E-state index in [2.05, 4.69) is 42.6 Å². The number of aromatic nitrogens is 1. The van der Waals surface area contributed by atoms with E-state index in [0.717, 1.165) is 16.8 Å². The summed E-state index contributed by atoms with van der Waals surface area (Å²) in [6, 6.07) is 6.16. The van der Waals surface area contributed by atoms with Crippen LogP contribution in [-0.2, 0) is 6.54 Å². The van der Waals surface area contributed by atoms with Gasteiger partial charge in [0.15, 0.2) is 0 Å². The van der Waals surface area contributed by atoms with Crippen molar-refractivity contribution in [3.63, 3.8) is 0 Å². The highest BCUT2D eigenvalue weighted by molar-refractivity contribution is 9.10. The van der Waals surface area contributed by atoms with Crippen molar-refractivity contribution in [2.24, 2.45) is 0 Å². The summed E-state index contributed by atoms with van der Waals surface area (Å²) in [7, 11) is 2.05. The second kappa shape index (κ2) is 4.77. The van der Waals surface area contributed by atoms with Gasteiger partial charge in [-0.15, -0.1) is 0 Å². The van der Waals surface area contributed by atoms with Crippen LogP contribution >= 0.6 is 27.3 Å².